The van der Waals surface area contributed by atoms with Crippen molar-refractivity contribution in [3.05, 3.63) is 150 Å². The fraction of sp³-hybridized carbons (Fsp3) is 0.217. The van der Waals surface area contributed by atoms with Gasteiger partial charge in [-0.25, -0.2) is 13.2 Å². The molecule has 3 N–H and O–H groups in total. The van der Waals surface area contributed by atoms with Gasteiger partial charge in [0.15, 0.2) is 0 Å². The lowest BCUT2D eigenvalue weighted by atomic mass is 9.99. The van der Waals surface area contributed by atoms with E-state index in [9.17, 15) is 23.1 Å². The topological polar surface area (TPSA) is 125 Å². The number of hydrogen-bond donors (Lipinski definition) is 3. The Morgan fingerprint density at radius 1 is 0.772 bits per heavy atom. The van der Waals surface area contributed by atoms with Crippen LogP contribution in [0.5, 0.6) is 11.5 Å². The Kier molecular flexibility index (Phi) is 13.5. The SMILES string of the molecule is CCCCN(CCCC)c1cccc2c(S(=O)(=O)Nc3ccc(Cl)cc3C(=O)NC(Cc3ccc(-c4ccccc4Oc4ccccc4)cc3)C(=O)O)cccc12. The van der Waals surface area contributed by atoms with Gasteiger partial charge in [-0.1, -0.05) is 123 Å². The first-order chi connectivity index (χ1) is 27.6. The summed E-state index contributed by atoms with van der Waals surface area (Å²) >= 11 is 6.31. The van der Waals surface area contributed by atoms with Crippen molar-refractivity contribution in [1.29, 1.82) is 0 Å². The summed E-state index contributed by atoms with van der Waals surface area (Å²) in [7, 11) is -4.24. The number of carbonyl (C=O) groups excluding carboxylic acids is 1. The number of fused-ring (bicyclic) bond motifs is 1. The van der Waals surface area contributed by atoms with Gasteiger partial charge in [0.1, 0.15) is 17.5 Å². The van der Waals surface area contributed by atoms with Crippen molar-refractivity contribution in [3.8, 4) is 22.6 Å². The summed E-state index contributed by atoms with van der Waals surface area (Å²) in [6.45, 7) is 6.01. The summed E-state index contributed by atoms with van der Waals surface area (Å²) in [6.07, 6.45) is 4.07. The van der Waals surface area contributed by atoms with Crippen LogP contribution in [0.1, 0.15) is 55.5 Å². The Morgan fingerprint density at radius 2 is 1.44 bits per heavy atom. The number of rotatable bonds is 18. The van der Waals surface area contributed by atoms with E-state index in [1.165, 1.54) is 24.3 Å². The Morgan fingerprint density at radius 3 is 2.14 bits per heavy atom. The zero-order valence-corrected chi connectivity index (χ0v) is 33.5. The average Bonchev–Trinajstić information content (AvgIpc) is 3.21. The second-order valence-electron chi connectivity index (χ2n) is 13.8. The van der Waals surface area contributed by atoms with Crippen molar-refractivity contribution < 1.29 is 27.9 Å². The smallest absolute Gasteiger partial charge is 0.326 e. The van der Waals surface area contributed by atoms with Gasteiger partial charge in [0.2, 0.25) is 0 Å². The van der Waals surface area contributed by atoms with E-state index in [1.807, 2.05) is 84.9 Å². The maximum atomic E-state index is 14.1. The molecule has 0 radical (unpaired) electrons. The van der Waals surface area contributed by atoms with Crippen LogP contribution < -0.4 is 19.7 Å². The lowest BCUT2D eigenvalue weighted by Gasteiger charge is -2.26. The molecule has 0 aromatic heterocycles. The number of nitrogens with zero attached hydrogens (tertiary/aromatic N) is 1. The number of hydrogen-bond acceptors (Lipinski definition) is 6. The number of unbranched alkanes of at least 4 members (excludes halogenated alkanes) is 2. The maximum Gasteiger partial charge on any atom is 0.326 e. The molecular weight excluding hydrogens is 758 g/mol. The molecule has 0 saturated carbocycles. The number of benzene rings is 6. The standard InChI is InChI=1S/C46H46ClN3O6S/c1-3-5-28-50(29-6-4-2)42-19-12-18-38-37(42)17-13-21-44(38)57(54,55)49-40-27-26-34(47)31-39(40)45(51)48-41(46(52)53)30-32-22-24-33(25-23-32)36-16-10-11-20-43(36)56-35-14-8-7-9-15-35/h7-27,31,41,49H,3-6,28-30H2,1-2H3,(H,48,51)(H,52,53). The summed E-state index contributed by atoms with van der Waals surface area (Å²) < 4.78 is 37.0. The molecule has 0 aliphatic carbocycles. The zero-order valence-electron chi connectivity index (χ0n) is 32.0. The van der Waals surface area contributed by atoms with E-state index in [4.69, 9.17) is 16.3 Å². The van der Waals surface area contributed by atoms with Crippen LogP contribution in [0.4, 0.5) is 11.4 Å². The Bertz CT molecular complexity index is 2430. The van der Waals surface area contributed by atoms with Gasteiger partial charge in [-0.3, -0.25) is 9.52 Å². The van der Waals surface area contributed by atoms with E-state index in [0.29, 0.717) is 22.4 Å². The number of para-hydroxylation sites is 2. The largest absolute Gasteiger partial charge is 0.480 e. The summed E-state index contributed by atoms with van der Waals surface area (Å²) in [4.78, 5) is 28.6. The number of carboxylic acids is 1. The van der Waals surface area contributed by atoms with Crippen LogP contribution in [0, 0.1) is 0 Å². The third-order valence-electron chi connectivity index (χ3n) is 9.69. The zero-order chi connectivity index (χ0) is 40.4. The van der Waals surface area contributed by atoms with Gasteiger partial charge < -0.3 is 20.1 Å². The van der Waals surface area contributed by atoms with E-state index in [-0.39, 0.29) is 27.6 Å². The molecule has 1 unspecified atom stereocenters. The van der Waals surface area contributed by atoms with E-state index in [1.54, 1.807) is 24.3 Å². The molecule has 1 amide bonds. The molecule has 0 saturated heterocycles. The normalized spacial score (nSPS) is 11.8. The van der Waals surface area contributed by atoms with Gasteiger partial charge >= 0.3 is 5.97 Å². The number of anilines is 2. The lowest BCUT2D eigenvalue weighted by Crippen LogP contribution is -2.42. The summed E-state index contributed by atoms with van der Waals surface area (Å²) in [5, 5.41) is 14.3. The molecule has 6 aromatic carbocycles. The Labute approximate surface area is 339 Å². The van der Waals surface area contributed by atoms with Crippen molar-refractivity contribution in [3.63, 3.8) is 0 Å². The quantitative estimate of drug-likeness (QED) is 0.0790. The first kappa shape index (κ1) is 40.8. The highest BCUT2D eigenvalue weighted by molar-refractivity contribution is 7.93. The third-order valence-corrected chi connectivity index (χ3v) is 11.3. The fourth-order valence-corrected chi connectivity index (χ4v) is 8.19. The first-order valence-electron chi connectivity index (χ1n) is 19.1. The van der Waals surface area contributed by atoms with Gasteiger partial charge in [-0.15, -0.1) is 0 Å². The molecule has 0 bridgehead atoms. The second-order valence-corrected chi connectivity index (χ2v) is 15.9. The molecular formula is C46H46ClN3O6S. The highest BCUT2D eigenvalue weighted by atomic mass is 35.5. The predicted molar refractivity (Wildman–Crippen MR) is 229 cm³/mol. The summed E-state index contributed by atoms with van der Waals surface area (Å²) in [5.41, 5.74) is 3.20. The maximum absolute atomic E-state index is 14.1. The van der Waals surface area contributed by atoms with Crippen molar-refractivity contribution in [2.45, 2.75) is 56.9 Å². The minimum Gasteiger partial charge on any atom is -0.480 e. The van der Waals surface area contributed by atoms with Crippen LogP contribution in [-0.2, 0) is 21.2 Å². The lowest BCUT2D eigenvalue weighted by molar-refractivity contribution is -0.139. The predicted octanol–water partition coefficient (Wildman–Crippen LogP) is 10.6. The van der Waals surface area contributed by atoms with Crippen LogP contribution in [-0.4, -0.2) is 44.5 Å². The van der Waals surface area contributed by atoms with Gasteiger partial charge in [0.05, 0.1) is 16.1 Å². The van der Waals surface area contributed by atoms with Crippen molar-refractivity contribution in [2.75, 3.05) is 22.7 Å². The minimum absolute atomic E-state index is 0.0307. The van der Waals surface area contributed by atoms with Crippen LogP contribution >= 0.6 is 11.6 Å². The average molecular weight is 804 g/mol. The van der Waals surface area contributed by atoms with Gasteiger partial charge in [-0.05, 0) is 72.5 Å². The Hall–Kier alpha value is -5.84. The number of nitrogens with one attached hydrogen (secondary N) is 2. The van der Waals surface area contributed by atoms with E-state index >= 15 is 0 Å². The van der Waals surface area contributed by atoms with Crippen LogP contribution in [0.15, 0.2) is 138 Å². The highest BCUT2D eigenvalue weighted by Gasteiger charge is 2.26. The molecule has 0 fully saturated rings. The number of ether oxygens (including phenoxy) is 1. The number of halogens is 1. The number of sulfonamides is 1. The highest BCUT2D eigenvalue weighted by Crippen LogP contribution is 2.35. The van der Waals surface area contributed by atoms with Crippen LogP contribution in [0.3, 0.4) is 0 Å². The molecule has 0 heterocycles. The van der Waals surface area contributed by atoms with Gasteiger partial charge in [0.25, 0.3) is 15.9 Å². The van der Waals surface area contributed by atoms with Gasteiger partial charge in [-0.2, -0.15) is 0 Å². The molecule has 57 heavy (non-hydrogen) atoms. The fourth-order valence-electron chi connectivity index (χ4n) is 6.72. The number of amides is 1. The molecule has 6 rings (SSSR count). The molecule has 9 nitrogen and oxygen atoms in total. The third kappa shape index (κ3) is 10.1. The van der Waals surface area contributed by atoms with Crippen LogP contribution in [0.2, 0.25) is 5.02 Å². The second kappa shape index (κ2) is 18.9. The van der Waals surface area contributed by atoms with E-state index in [2.05, 4.69) is 28.8 Å². The van der Waals surface area contributed by atoms with E-state index < -0.39 is 27.9 Å². The molecule has 0 spiro atoms. The van der Waals surface area contributed by atoms with Crippen molar-refractivity contribution >= 4 is 55.6 Å². The molecule has 294 valence electrons. The Balaban J connectivity index is 1.21. The monoisotopic (exact) mass is 803 g/mol. The molecule has 0 aliphatic rings. The number of aliphatic carboxylic acids is 1. The molecule has 1 atom stereocenters. The van der Waals surface area contributed by atoms with Gasteiger partial charge in [0, 0.05) is 46.6 Å². The van der Waals surface area contributed by atoms with E-state index in [0.717, 1.165) is 61.0 Å². The first-order valence-corrected chi connectivity index (χ1v) is 21.0. The van der Waals surface area contributed by atoms with Crippen molar-refractivity contribution in [1.82, 2.24) is 5.32 Å². The molecule has 11 heteroatoms. The van der Waals surface area contributed by atoms with Crippen LogP contribution in [0.25, 0.3) is 21.9 Å². The van der Waals surface area contributed by atoms with Crippen molar-refractivity contribution in [2.24, 2.45) is 0 Å². The number of carboxylic acid groups (broad SMARTS) is 1. The summed E-state index contributed by atoms with van der Waals surface area (Å²) in [6, 6.07) is 38.1. The summed E-state index contributed by atoms with van der Waals surface area (Å²) in [5.74, 6) is -0.681. The minimum atomic E-state index is -4.24. The molecule has 6 aromatic rings. The molecule has 0 aliphatic heterocycles. The number of carbonyl (C=O) groups is 2.